The highest BCUT2D eigenvalue weighted by Crippen LogP contribution is 2.24. The SMILES string of the molecule is OCc1cn(-c2ccc(F)c(Cl)c2)nc1-c1ccncc1. The molecular weight excluding hydrogens is 293 g/mol. The van der Waals surface area contributed by atoms with E-state index in [4.69, 9.17) is 11.6 Å². The van der Waals surface area contributed by atoms with Crippen molar-refractivity contribution >= 4 is 11.6 Å². The molecule has 3 aromatic rings. The highest BCUT2D eigenvalue weighted by molar-refractivity contribution is 6.30. The van der Waals surface area contributed by atoms with Crippen molar-refractivity contribution < 1.29 is 9.50 Å². The smallest absolute Gasteiger partial charge is 0.141 e. The minimum Gasteiger partial charge on any atom is -0.392 e. The normalized spacial score (nSPS) is 10.8. The Morgan fingerprint density at radius 3 is 2.62 bits per heavy atom. The molecule has 0 bridgehead atoms. The fraction of sp³-hybridized carbons (Fsp3) is 0.0667. The highest BCUT2D eigenvalue weighted by Gasteiger charge is 2.12. The minimum atomic E-state index is -0.482. The van der Waals surface area contributed by atoms with Crippen LogP contribution < -0.4 is 0 Å². The zero-order valence-electron chi connectivity index (χ0n) is 10.9. The number of nitrogens with zero attached hydrogens (tertiary/aromatic N) is 3. The molecule has 0 unspecified atom stereocenters. The van der Waals surface area contributed by atoms with E-state index in [1.54, 1.807) is 29.3 Å². The van der Waals surface area contributed by atoms with Crippen molar-refractivity contribution in [1.29, 1.82) is 0 Å². The number of aliphatic hydroxyl groups is 1. The van der Waals surface area contributed by atoms with Gasteiger partial charge < -0.3 is 5.11 Å². The largest absolute Gasteiger partial charge is 0.392 e. The van der Waals surface area contributed by atoms with Gasteiger partial charge in [0.1, 0.15) is 5.82 Å². The maximum Gasteiger partial charge on any atom is 0.141 e. The molecule has 21 heavy (non-hydrogen) atoms. The summed E-state index contributed by atoms with van der Waals surface area (Å²) in [5.74, 6) is -0.482. The quantitative estimate of drug-likeness (QED) is 0.808. The van der Waals surface area contributed by atoms with Crippen LogP contribution in [0.15, 0.2) is 48.9 Å². The molecule has 0 aliphatic rings. The molecule has 2 heterocycles. The van der Waals surface area contributed by atoms with Gasteiger partial charge in [0.15, 0.2) is 0 Å². The minimum absolute atomic E-state index is 0.0269. The highest BCUT2D eigenvalue weighted by atomic mass is 35.5. The van der Waals surface area contributed by atoms with E-state index in [-0.39, 0.29) is 11.6 Å². The van der Waals surface area contributed by atoms with E-state index in [2.05, 4.69) is 10.1 Å². The third-order valence-electron chi connectivity index (χ3n) is 3.08. The Bertz CT molecular complexity index is 774. The van der Waals surface area contributed by atoms with E-state index >= 15 is 0 Å². The Balaban J connectivity index is 2.09. The van der Waals surface area contributed by atoms with Crippen LogP contribution in [-0.2, 0) is 6.61 Å². The van der Waals surface area contributed by atoms with Crippen LogP contribution in [0.4, 0.5) is 4.39 Å². The molecule has 0 saturated heterocycles. The third-order valence-corrected chi connectivity index (χ3v) is 3.37. The number of rotatable bonds is 3. The van der Waals surface area contributed by atoms with Gasteiger partial charge >= 0.3 is 0 Å². The number of hydrogen-bond acceptors (Lipinski definition) is 3. The van der Waals surface area contributed by atoms with Crippen LogP contribution in [0.3, 0.4) is 0 Å². The summed E-state index contributed by atoms with van der Waals surface area (Å²) in [6.07, 6.45) is 5.01. The van der Waals surface area contributed by atoms with Gasteiger partial charge in [0.25, 0.3) is 0 Å². The Hall–Kier alpha value is -2.24. The average Bonchev–Trinajstić information content (AvgIpc) is 2.95. The molecule has 3 rings (SSSR count). The first-order valence-electron chi connectivity index (χ1n) is 6.24. The summed E-state index contributed by atoms with van der Waals surface area (Å²) in [7, 11) is 0. The van der Waals surface area contributed by atoms with Crippen LogP contribution in [0.2, 0.25) is 5.02 Å². The fourth-order valence-electron chi connectivity index (χ4n) is 2.04. The number of aromatic nitrogens is 3. The summed E-state index contributed by atoms with van der Waals surface area (Å²) in [6, 6.07) is 7.96. The van der Waals surface area contributed by atoms with Crippen molar-refractivity contribution in [2.45, 2.75) is 6.61 Å². The molecule has 0 saturated carbocycles. The molecule has 0 aliphatic heterocycles. The molecule has 0 atom stereocenters. The first-order valence-corrected chi connectivity index (χ1v) is 6.62. The van der Waals surface area contributed by atoms with Crippen molar-refractivity contribution in [1.82, 2.24) is 14.8 Å². The molecule has 106 valence electrons. The fourth-order valence-corrected chi connectivity index (χ4v) is 2.21. The Kier molecular flexibility index (Phi) is 3.68. The Morgan fingerprint density at radius 1 is 1.19 bits per heavy atom. The van der Waals surface area contributed by atoms with Gasteiger partial charge in [-0.15, -0.1) is 0 Å². The van der Waals surface area contributed by atoms with E-state index in [0.29, 0.717) is 16.9 Å². The van der Waals surface area contributed by atoms with Gasteiger partial charge in [-0.1, -0.05) is 11.6 Å². The van der Waals surface area contributed by atoms with Gasteiger partial charge in [-0.2, -0.15) is 5.10 Å². The van der Waals surface area contributed by atoms with E-state index in [1.165, 1.54) is 12.1 Å². The van der Waals surface area contributed by atoms with Crippen LogP contribution >= 0.6 is 11.6 Å². The standard InChI is InChI=1S/C15H11ClFN3O/c16-13-7-12(1-2-14(13)17)20-8-11(9-21)15(19-20)10-3-5-18-6-4-10/h1-8,21H,9H2. The van der Waals surface area contributed by atoms with Crippen LogP contribution in [0.5, 0.6) is 0 Å². The van der Waals surface area contributed by atoms with Gasteiger partial charge in [-0.05, 0) is 30.3 Å². The van der Waals surface area contributed by atoms with Crippen molar-refractivity contribution in [3.63, 3.8) is 0 Å². The van der Waals surface area contributed by atoms with Gasteiger partial charge in [0, 0.05) is 29.7 Å². The summed E-state index contributed by atoms with van der Waals surface area (Å²) >= 11 is 5.79. The summed E-state index contributed by atoms with van der Waals surface area (Å²) in [4.78, 5) is 3.96. The monoisotopic (exact) mass is 303 g/mol. The third kappa shape index (κ3) is 2.66. The molecule has 0 radical (unpaired) electrons. The van der Waals surface area contributed by atoms with E-state index in [0.717, 1.165) is 5.56 Å². The summed E-state index contributed by atoms with van der Waals surface area (Å²) in [5, 5.41) is 14.0. The predicted octanol–water partition coefficient (Wildman–Crippen LogP) is 3.22. The van der Waals surface area contributed by atoms with Gasteiger partial charge in [-0.3, -0.25) is 4.98 Å². The van der Waals surface area contributed by atoms with Crippen LogP contribution in [-0.4, -0.2) is 19.9 Å². The number of pyridine rings is 1. The molecular formula is C15H11ClFN3O. The maximum atomic E-state index is 13.2. The Morgan fingerprint density at radius 2 is 1.95 bits per heavy atom. The first kappa shape index (κ1) is 13.7. The van der Waals surface area contributed by atoms with E-state index in [1.807, 2.05) is 12.1 Å². The summed E-state index contributed by atoms with van der Waals surface area (Å²) in [6.45, 7) is -0.146. The number of aliphatic hydroxyl groups excluding tert-OH is 1. The lowest BCUT2D eigenvalue weighted by Crippen LogP contribution is -1.95. The number of hydrogen-bond donors (Lipinski definition) is 1. The number of halogens is 2. The first-order chi connectivity index (χ1) is 10.2. The van der Waals surface area contributed by atoms with Gasteiger partial charge in [-0.25, -0.2) is 9.07 Å². The molecule has 0 amide bonds. The molecule has 6 heteroatoms. The molecule has 4 nitrogen and oxygen atoms in total. The zero-order valence-corrected chi connectivity index (χ0v) is 11.6. The lowest BCUT2D eigenvalue weighted by Gasteiger charge is -2.02. The van der Waals surface area contributed by atoms with Crippen molar-refractivity contribution in [3.8, 4) is 16.9 Å². The molecule has 0 spiro atoms. The predicted molar refractivity (Wildman–Crippen MR) is 77.7 cm³/mol. The summed E-state index contributed by atoms with van der Waals surface area (Å²) in [5.41, 5.74) is 2.79. The van der Waals surface area contributed by atoms with E-state index < -0.39 is 5.82 Å². The van der Waals surface area contributed by atoms with E-state index in [9.17, 15) is 9.50 Å². The molecule has 1 N–H and O–H groups in total. The molecule has 0 aliphatic carbocycles. The van der Waals surface area contributed by atoms with Crippen molar-refractivity contribution in [2.75, 3.05) is 0 Å². The van der Waals surface area contributed by atoms with Crippen LogP contribution in [0, 0.1) is 5.82 Å². The average molecular weight is 304 g/mol. The molecule has 1 aromatic carbocycles. The van der Waals surface area contributed by atoms with Crippen LogP contribution in [0.1, 0.15) is 5.56 Å². The van der Waals surface area contributed by atoms with Gasteiger partial charge in [0.2, 0.25) is 0 Å². The van der Waals surface area contributed by atoms with Gasteiger partial charge in [0.05, 0.1) is 23.0 Å². The van der Waals surface area contributed by atoms with Crippen molar-refractivity contribution in [3.05, 3.63) is 65.3 Å². The lowest BCUT2D eigenvalue weighted by atomic mass is 10.1. The second-order valence-electron chi connectivity index (χ2n) is 4.44. The molecule has 0 fully saturated rings. The maximum absolute atomic E-state index is 13.2. The molecule has 2 aromatic heterocycles. The second kappa shape index (κ2) is 5.63. The Labute approximate surface area is 125 Å². The zero-order chi connectivity index (χ0) is 14.8. The van der Waals surface area contributed by atoms with Crippen molar-refractivity contribution in [2.24, 2.45) is 0 Å². The summed E-state index contributed by atoms with van der Waals surface area (Å²) < 4.78 is 14.8. The van der Waals surface area contributed by atoms with Crippen LogP contribution in [0.25, 0.3) is 16.9 Å². The topological polar surface area (TPSA) is 50.9 Å². The second-order valence-corrected chi connectivity index (χ2v) is 4.85. The number of benzene rings is 1. The lowest BCUT2D eigenvalue weighted by molar-refractivity contribution is 0.282.